The monoisotopic (exact) mass is 150 g/mol. The number of ether oxygens (including phenoxy) is 1. The molecule has 0 aromatic rings. The summed E-state index contributed by atoms with van der Waals surface area (Å²) in [5.74, 6) is 1.49. The highest BCUT2D eigenvalue weighted by Gasteiger charge is 2.23. The van der Waals surface area contributed by atoms with Gasteiger partial charge in [0.1, 0.15) is 13.0 Å². The van der Waals surface area contributed by atoms with E-state index in [-0.39, 0.29) is 0 Å². The predicted octanol–water partition coefficient (Wildman–Crippen LogP) is 1.17. The second-order valence-corrected chi connectivity index (χ2v) is 2.58. The van der Waals surface area contributed by atoms with Crippen molar-refractivity contribution in [3.05, 3.63) is 24.6 Å². The fraction of sp³-hybridized carbons (Fsp3) is 0.500. The molecular formula is C8H13BNO. The van der Waals surface area contributed by atoms with E-state index in [0.717, 1.165) is 12.4 Å². The van der Waals surface area contributed by atoms with Gasteiger partial charge in [-0.25, -0.2) is 0 Å². The fourth-order valence-electron chi connectivity index (χ4n) is 0.737. The zero-order valence-electron chi connectivity index (χ0n) is 6.84. The van der Waals surface area contributed by atoms with Gasteiger partial charge in [-0.3, -0.25) is 0 Å². The van der Waals surface area contributed by atoms with Crippen molar-refractivity contribution in [3.63, 3.8) is 0 Å². The molecule has 0 amide bonds. The molecule has 1 aliphatic heterocycles. The fourth-order valence-corrected chi connectivity index (χ4v) is 0.737. The molecule has 0 aromatic carbocycles. The largest absolute Gasteiger partial charge is 0.493 e. The Morgan fingerprint density at radius 3 is 3.09 bits per heavy atom. The molecule has 2 nitrogen and oxygen atoms in total. The molecule has 1 heterocycles. The Labute approximate surface area is 68.6 Å². The first-order chi connectivity index (χ1) is 5.36. The lowest BCUT2D eigenvalue weighted by atomic mass is 10.0. The van der Waals surface area contributed by atoms with Crippen LogP contribution in [0.25, 0.3) is 0 Å². The number of allylic oxidation sites excluding steroid dienone is 1. The summed E-state index contributed by atoms with van der Waals surface area (Å²) in [5, 5.41) is 2.89. The minimum atomic E-state index is 0.676. The maximum Gasteiger partial charge on any atom is 0.134 e. The third kappa shape index (κ3) is 3.17. The van der Waals surface area contributed by atoms with E-state index in [1.807, 2.05) is 7.05 Å². The normalized spacial score (nSPS) is 21.9. The van der Waals surface area contributed by atoms with Crippen LogP contribution in [0.1, 0.15) is 0 Å². The lowest BCUT2D eigenvalue weighted by Crippen LogP contribution is -1.99. The van der Waals surface area contributed by atoms with Crippen molar-refractivity contribution >= 4 is 7.28 Å². The quantitative estimate of drug-likeness (QED) is 0.361. The van der Waals surface area contributed by atoms with Crippen molar-refractivity contribution < 1.29 is 4.74 Å². The third-order valence-electron chi connectivity index (χ3n) is 1.52. The molecule has 0 aliphatic carbocycles. The highest BCUT2D eigenvalue weighted by atomic mass is 16.5. The summed E-state index contributed by atoms with van der Waals surface area (Å²) in [4.78, 5) is 0. The lowest BCUT2D eigenvalue weighted by Gasteiger charge is -2.04. The van der Waals surface area contributed by atoms with E-state index in [4.69, 9.17) is 4.74 Å². The molecule has 1 saturated heterocycles. The summed E-state index contributed by atoms with van der Waals surface area (Å²) >= 11 is 0. The molecule has 1 aliphatic rings. The summed E-state index contributed by atoms with van der Waals surface area (Å²) < 4.78 is 5.40. The smallest absolute Gasteiger partial charge is 0.134 e. The first kappa shape index (κ1) is 8.24. The lowest BCUT2D eigenvalue weighted by molar-refractivity contribution is 0.230. The molecular weight excluding hydrogens is 137 g/mol. The molecule has 1 fully saturated rings. The van der Waals surface area contributed by atoms with E-state index < -0.39 is 0 Å². The molecule has 1 radical (unpaired) electrons. The van der Waals surface area contributed by atoms with Crippen LogP contribution < -0.4 is 5.32 Å². The van der Waals surface area contributed by atoms with Gasteiger partial charge in [0.15, 0.2) is 0 Å². The van der Waals surface area contributed by atoms with Crippen molar-refractivity contribution in [2.45, 2.75) is 12.1 Å². The van der Waals surface area contributed by atoms with Crippen molar-refractivity contribution in [1.29, 1.82) is 0 Å². The molecule has 11 heavy (non-hydrogen) atoms. The average molecular weight is 150 g/mol. The molecule has 0 aromatic heterocycles. The molecule has 3 heteroatoms. The Bertz CT molecular complexity index is 163. The zero-order chi connectivity index (χ0) is 8.10. The molecule has 1 N–H and O–H groups in total. The molecule has 1 atom stereocenters. The Hall–Kier alpha value is -0.855. The SMILES string of the molecule is C=C/C(=C\NC)OCC1[B]C1. The van der Waals surface area contributed by atoms with Gasteiger partial charge < -0.3 is 10.1 Å². The van der Waals surface area contributed by atoms with Gasteiger partial charge in [0, 0.05) is 13.2 Å². The number of nitrogens with one attached hydrogen (secondary N) is 1. The molecule has 1 rings (SSSR count). The van der Waals surface area contributed by atoms with Crippen molar-refractivity contribution in [2.75, 3.05) is 13.7 Å². The van der Waals surface area contributed by atoms with Gasteiger partial charge in [0.2, 0.25) is 0 Å². The highest BCUT2D eigenvalue weighted by Crippen LogP contribution is 2.27. The van der Waals surface area contributed by atoms with Crippen LogP contribution in [0.5, 0.6) is 0 Å². The van der Waals surface area contributed by atoms with Crippen molar-refractivity contribution in [3.8, 4) is 0 Å². The van der Waals surface area contributed by atoms with Crippen LogP contribution >= 0.6 is 0 Å². The number of hydrogen-bond acceptors (Lipinski definition) is 2. The van der Waals surface area contributed by atoms with Crippen LogP contribution in [0.15, 0.2) is 24.6 Å². The van der Waals surface area contributed by atoms with Crippen molar-refractivity contribution in [2.24, 2.45) is 0 Å². The van der Waals surface area contributed by atoms with Gasteiger partial charge in [0.05, 0.1) is 6.61 Å². The summed E-state index contributed by atoms with van der Waals surface area (Å²) in [6.07, 6.45) is 4.71. The topological polar surface area (TPSA) is 21.3 Å². The Kier molecular flexibility index (Phi) is 3.08. The van der Waals surface area contributed by atoms with Crippen LogP contribution in [-0.4, -0.2) is 20.9 Å². The summed E-state index contributed by atoms with van der Waals surface area (Å²) in [6.45, 7) is 4.43. The van der Waals surface area contributed by atoms with Gasteiger partial charge in [-0.1, -0.05) is 12.9 Å². The summed E-state index contributed by atoms with van der Waals surface area (Å²) in [7, 11) is 4.08. The van der Waals surface area contributed by atoms with E-state index in [9.17, 15) is 0 Å². The standard InChI is InChI=1S/C8H13BNO/c1-3-8(5-10-2)11-6-7-4-9-7/h3,5,7,10H,1,4,6H2,2H3/b8-5+. The van der Waals surface area contributed by atoms with E-state index in [2.05, 4.69) is 19.2 Å². The van der Waals surface area contributed by atoms with Gasteiger partial charge in [-0.05, 0) is 11.9 Å². The summed E-state index contributed by atoms with van der Waals surface area (Å²) in [5.41, 5.74) is 0. The molecule has 59 valence electrons. The minimum Gasteiger partial charge on any atom is -0.493 e. The number of rotatable bonds is 5. The van der Waals surface area contributed by atoms with Gasteiger partial charge in [-0.2, -0.15) is 0 Å². The predicted molar refractivity (Wildman–Crippen MR) is 47.6 cm³/mol. The van der Waals surface area contributed by atoms with Gasteiger partial charge >= 0.3 is 0 Å². The number of hydrogen-bond donors (Lipinski definition) is 1. The zero-order valence-corrected chi connectivity index (χ0v) is 6.84. The van der Waals surface area contributed by atoms with E-state index in [0.29, 0.717) is 5.82 Å². The maximum absolute atomic E-state index is 5.40. The first-order valence-electron chi connectivity index (χ1n) is 3.83. The van der Waals surface area contributed by atoms with E-state index in [1.165, 1.54) is 6.32 Å². The van der Waals surface area contributed by atoms with Crippen LogP contribution in [0.4, 0.5) is 0 Å². The molecule has 0 bridgehead atoms. The highest BCUT2D eigenvalue weighted by molar-refractivity contribution is 6.50. The van der Waals surface area contributed by atoms with E-state index in [1.54, 1.807) is 12.3 Å². The van der Waals surface area contributed by atoms with E-state index >= 15 is 0 Å². The van der Waals surface area contributed by atoms with Crippen molar-refractivity contribution in [1.82, 2.24) is 5.32 Å². The Morgan fingerprint density at radius 1 is 1.91 bits per heavy atom. The van der Waals surface area contributed by atoms with Gasteiger partial charge in [0.25, 0.3) is 0 Å². The van der Waals surface area contributed by atoms with Crippen LogP contribution in [0.2, 0.25) is 12.1 Å². The molecule has 0 saturated carbocycles. The third-order valence-corrected chi connectivity index (χ3v) is 1.52. The van der Waals surface area contributed by atoms with Gasteiger partial charge in [-0.15, -0.1) is 0 Å². The second kappa shape index (κ2) is 4.11. The molecule has 0 spiro atoms. The summed E-state index contributed by atoms with van der Waals surface area (Å²) in [6, 6.07) is 0. The van der Waals surface area contributed by atoms with Crippen LogP contribution in [0.3, 0.4) is 0 Å². The minimum absolute atomic E-state index is 0.676. The molecule has 1 unspecified atom stereocenters. The Balaban J connectivity index is 2.18. The van der Waals surface area contributed by atoms with Crippen LogP contribution in [0, 0.1) is 0 Å². The second-order valence-electron chi connectivity index (χ2n) is 2.58. The Morgan fingerprint density at radius 2 is 2.64 bits per heavy atom. The first-order valence-corrected chi connectivity index (χ1v) is 3.83. The average Bonchev–Trinajstić information content (AvgIpc) is 2.81. The maximum atomic E-state index is 5.40. The van der Waals surface area contributed by atoms with Crippen LogP contribution in [-0.2, 0) is 4.74 Å².